The van der Waals surface area contributed by atoms with E-state index in [1.807, 2.05) is 6.92 Å². The Balaban J connectivity index is 3.25. The molecule has 0 unspecified atom stereocenters. The van der Waals surface area contributed by atoms with Crippen molar-refractivity contribution < 1.29 is 9.90 Å². The highest BCUT2D eigenvalue weighted by Crippen LogP contribution is 1.97. The molecular weight excluding hydrogens is 170 g/mol. The van der Waals surface area contributed by atoms with E-state index in [4.69, 9.17) is 5.11 Å². The van der Waals surface area contributed by atoms with Gasteiger partial charge in [-0.25, -0.2) is 4.79 Å². The van der Waals surface area contributed by atoms with Gasteiger partial charge in [0.25, 0.3) is 5.56 Å². The molecule has 0 fully saturated rings. The van der Waals surface area contributed by atoms with Crippen LogP contribution in [-0.2, 0) is 6.54 Å². The van der Waals surface area contributed by atoms with Crippen LogP contribution in [-0.4, -0.2) is 15.6 Å². The third-order valence-electron chi connectivity index (χ3n) is 1.72. The van der Waals surface area contributed by atoms with E-state index in [1.54, 1.807) is 0 Å². The van der Waals surface area contributed by atoms with Crippen molar-refractivity contribution in [2.45, 2.75) is 19.9 Å². The summed E-state index contributed by atoms with van der Waals surface area (Å²) in [5.41, 5.74) is -0.212. The first-order chi connectivity index (χ1) is 6.16. The van der Waals surface area contributed by atoms with Crippen molar-refractivity contribution in [2.75, 3.05) is 0 Å². The summed E-state index contributed by atoms with van der Waals surface area (Å²) in [5, 5.41) is 8.76. The number of nitrogens with zero attached hydrogens (tertiary/aromatic N) is 1. The lowest BCUT2D eigenvalue weighted by atomic mass is 10.3. The van der Waals surface area contributed by atoms with E-state index in [-0.39, 0.29) is 11.3 Å². The van der Waals surface area contributed by atoms with Crippen molar-refractivity contribution in [3.63, 3.8) is 0 Å². The summed E-state index contributed by atoms with van der Waals surface area (Å²) < 4.78 is 1.27. The predicted octanol–water partition coefficient (Wildman–Crippen LogP) is 0.956. The molecule has 1 aromatic heterocycles. The molecule has 13 heavy (non-hydrogen) atoms. The van der Waals surface area contributed by atoms with Crippen LogP contribution in [0.1, 0.15) is 23.8 Å². The van der Waals surface area contributed by atoms with E-state index in [0.29, 0.717) is 6.54 Å². The fourth-order valence-corrected chi connectivity index (χ4v) is 1.16. The minimum absolute atomic E-state index is 0.0503. The Labute approximate surface area is 75.4 Å². The van der Waals surface area contributed by atoms with Crippen LogP contribution >= 0.6 is 0 Å². The van der Waals surface area contributed by atoms with E-state index < -0.39 is 5.97 Å². The van der Waals surface area contributed by atoms with Crippen molar-refractivity contribution >= 4 is 5.97 Å². The zero-order valence-corrected chi connectivity index (χ0v) is 7.36. The van der Waals surface area contributed by atoms with Gasteiger partial charge < -0.3 is 9.67 Å². The van der Waals surface area contributed by atoms with Crippen LogP contribution in [0.4, 0.5) is 0 Å². The van der Waals surface area contributed by atoms with Crippen molar-refractivity contribution in [1.29, 1.82) is 0 Å². The topological polar surface area (TPSA) is 59.3 Å². The van der Waals surface area contributed by atoms with E-state index in [1.165, 1.54) is 22.8 Å². The van der Waals surface area contributed by atoms with Gasteiger partial charge in [-0.15, -0.1) is 0 Å². The molecule has 0 atom stereocenters. The third-order valence-corrected chi connectivity index (χ3v) is 1.72. The molecule has 0 aliphatic rings. The summed E-state index contributed by atoms with van der Waals surface area (Å²) in [6, 6.07) is 4.25. The molecule has 4 nitrogen and oxygen atoms in total. The van der Waals surface area contributed by atoms with E-state index >= 15 is 0 Å². The first-order valence-electron chi connectivity index (χ1n) is 4.10. The van der Waals surface area contributed by atoms with E-state index in [9.17, 15) is 9.59 Å². The van der Waals surface area contributed by atoms with Crippen LogP contribution in [0.2, 0.25) is 0 Å². The Kier molecular flexibility index (Phi) is 2.84. The van der Waals surface area contributed by atoms with Crippen LogP contribution in [0.5, 0.6) is 0 Å². The molecule has 1 aromatic rings. The molecule has 0 saturated carbocycles. The maximum absolute atomic E-state index is 11.2. The largest absolute Gasteiger partial charge is 0.477 e. The minimum Gasteiger partial charge on any atom is -0.477 e. The Morgan fingerprint density at radius 2 is 2.23 bits per heavy atom. The number of hydrogen-bond acceptors (Lipinski definition) is 2. The van der Waals surface area contributed by atoms with Gasteiger partial charge in [0.2, 0.25) is 0 Å². The molecule has 0 amide bonds. The van der Waals surface area contributed by atoms with Crippen LogP contribution < -0.4 is 5.56 Å². The summed E-state index contributed by atoms with van der Waals surface area (Å²) in [6.07, 6.45) is 0.740. The number of hydrogen-bond donors (Lipinski definition) is 1. The summed E-state index contributed by atoms with van der Waals surface area (Å²) >= 11 is 0. The fraction of sp³-hybridized carbons (Fsp3) is 0.333. The van der Waals surface area contributed by atoms with Gasteiger partial charge in [0.05, 0.1) is 0 Å². The Hall–Kier alpha value is -1.58. The number of carboxylic acids is 1. The normalized spacial score (nSPS) is 9.92. The Morgan fingerprint density at radius 1 is 1.54 bits per heavy atom. The molecule has 0 radical (unpaired) electrons. The summed E-state index contributed by atoms with van der Waals surface area (Å²) in [7, 11) is 0. The number of carboxylic acid groups (broad SMARTS) is 1. The second kappa shape index (κ2) is 3.89. The van der Waals surface area contributed by atoms with Gasteiger partial charge in [-0.05, 0) is 12.5 Å². The maximum Gasteiger partial charge on any atom is 0.352 e. The Bertz CT molecular complexity index is 367. The third kappa shape index (κ3) is 1.96. The zero-order chi connectivity index (χ0) is 9.84. The summed E-state index contributed by atoms with van der Waals surface area (Å²) in [6.45, 7) is 2.34. The molecule has 4 heteroatoms. The lowest BCUT2D eigenvalue weighted by Gasteiger charge is -2.06. The Morgan fingerprint density at radius 3 is 2.77 bits per heavy atom. The molecule has 1 heterocycles. The van der Waals surface area contributed by atoms with Crippen LogP contribution in [0, 0.1) is 0 Å². The first kappa shape index (κ1) is 9.51. The number of aromatic carboxylic acids is 1. The fourth-order valence-electron chi connectivity index (χ4n) is 1.16. The van der Waals surface area contributed by atoms with Gasteiger partial charge in [0, 0.05) is 12.6 Å². The zero-order valence-electron chi connectivity index (χ0n) is 7.36. The quantitative estimate of drug-likeness (QED) is 0.755. The summed E-state index contributed by atoms with van der Waals surface area (Å²) in [4.78, 5) is 21.9. The monoisotopic (exact) mass is 181 g/mol. The molecule has 0 spiro atoms. The van der Waals surface area contributed by atoms with Crippen molar-refractivity contribution in [3.8, 4) is 0 Å². The summed E-state index contributed by atoms with van der Waals surface area (Å²) in [5.74, 6) is -1.06. The van der Waals surface area contributed by atoms with Gasteiger partial charge in [-0.2, -0.15) is 0 Å². The first-order valence-corrected chi connectivity index (χ1v) is 4.10. The van der Waals surface area contributed by atoms with Gasteiger partial charge in [-0.1, -0.05) is 13.0 Å². The SMILES string of the molecule is CCCn1c(C(=O)O)cccc1=O. The lowest BCUT2D eigenvalue weighted by molar-refractivity contribution is 0.0683. The molecule has 70 valence electrons. The van der Waals surface area contributed by atoms with Crippen molar-refractivity contribution in [3.05, 3.63) is 34.2 Å². The molecule has 1 N–H and O–H groups in total. The van der Waals surface area contributed by atoms with E-state index in [2.05, 4.69) is 0 Å². The van der Waals surface area contributed by atoms with Gasteiger partial charge in [0.15, 0.2) is 0 Å². The maximum atomic E-state index is 11.2. The smallest absolute Gasteiger partial charge is 0.352 e. The number of pyridine rings is 1. The number of aromatic nitrogens is 1. The molecule has 0 aliphatic carbocycles. The average Bonchev–Trinajstić information content (AvgIpc) is 2.08. The molecule has 0 aliphatic heterocycles. The van der Waals surface area contributed by atoms with Crippen molar-refractivity contribution in [1.82, 2.24) is 4.57 Å². The standard InChI is InChI=1S/C9H11NO3/c1-2-6-10-7(9(12)13)4-3-5-8(10)11/h3-5H,2,6H2,1H3,(H,12,13). The lowest BCUT2D eigenvalue weighted by Crippen LogP contribution is -2.24. The highest BCUT2D eigenvalue weighted by atomic mass is 16.4. The van der Waals surface area contributed by atoms with Crippen LogP contribution in [0.15, 0.2) is 23.0 Å². The molecule has 0 saturated heterocycles. The minimum atomic E-state index is -1.06. The van der Waals surface area contributed by atoms with Crippen LogP contribution in [0.3, 0.4) is 0 Å². The second-order valence-electron chi connectivity index (χ2n) is 2.71. The number of carbonyl (C=O) groups is 1. The molecule has 0 bridgehead atoms. The van der Waals surface area contributed by atoms with Crippen LogP contribution in [0.25, 0.3) is 0 Å². The second-order valence-corrected chi connectivity index (χ2v) is 2.71. The number of rotatable bonds is 3. The highest BCUT2D eigenvalue weighted by Gasteiger charge is 2.08. The average molecular weight is 181 g/mol. The molecule has 1 rings (SSSR count). The highest BCUT2D eigenvalue weighted by molar-refractivity contribution is 5.85. The van der Waals surface area contributed by atoms with Crippen molar-refractivity contribution in [2.24, 2.45) is 0 Å². The van der Waals surface area contributed by atoms with Gasteiger partial charge in [-0.3, -0.25) is 4.79 Å². The van der Waals surface area contributed by atoms with Gasteiger partial charge in [0.1, 0.15) is 5.69 Å². The van der Waals surface area contributed by atoms with Gasteiger partial charge >= 0.3 is 5.97 Å². The predicted molar refractivity (Wildman–Crippen MR) is 48.0 cm³/mol. The molecule has 0 aromatic carbocycles. The van der Waals surface area contributed by atoms with E-state index in [0.717, 1.165) is 6.42 Å². The molecular formula is C9H11NO3.